The Morgan fingerprint density at radius 3 is 2.31 bits per heavy atom. The number of benzene rings is 3. The second-order valence-electron chi connectivity index (χ2n) is 8.18. The molecule has 1 aliphatic heterocycles. The average Bonchev–Trinajstić information content (AvgIpc) is 3.07. The van der Waals surface area contributed by atoms with Gasteiger partial charge in [0.15, 0.2) is 11.4 Å². The maximum Gasteiger partial charge on any atom is 0.264 e. The SMILES string of the molecule is CCO.COc1ccc(C(=O)CC2(O)C(=O)N(Cc3ccccc3C)c3ccccc32)c(OC)c1. The first kappa shape index (κ1) is 25.9. The van der Waals surface area contributed by atoms with E-state index in [-0.39, 0.29) is 12.2 Å². The lowest BCUT2D eigenvalue weighted by atomic mass is 9.88. The van der Waals surface area contributed by atoms with Gasteiger partial charge in [0.1, 0.15) is 11.5 Å². The van der Waals surface area contributed by atoms with Gasteiger partial charge in [-0.25, -0.2) is 0 Å². The smallest absolute Gasteiger partial charge is 0.264 e. The van der Waals surface area contributed by atoms with Gasteiger partial charge in [0, 0.05) is 18.2 Å². The number of rotatable bonds is 7. The van der Waals surface area contributed by atoms with Gasteiger partial charge >= 0.3 is 0 Å². The summed E-state index contributed by atoms with van der Waals surface area (Å²) in [5.41, 5.74) is 1.39. The largest absolute Gasteiger partial charge is 0.497 e. The number of Topliss-reactive ketones (excluding diaryl/α,β-unsaturated/α-hetero) is 1. The van der Waals surface area contributed by atoms with Crippen molar-refractivity contribution in [3.05, 3.63) is 89.0 Å². The number of carbonyl (C=O) groups is 2. The quantitative estimate of drug-likeness (QED) is 0.499. The van der Waals surface area contributed by atoms with Gasteiger partial charge in [0.2, 0.25) is 0 Å². The Labute approximate surface area is 205 Å². The van der Waals surface area contributed by atoms with E-state index >= 15 is 0 Å². The molecule has 0 aliphatic carbocycles. The summed E-state index contributed by atoms with van der Waals surface area (Å²) in [5.74, 6) is -0.0343. The number of fused-ring (bicyclic) bond motifs is 1. The second-order valence-corrected chi connectivity index (χ2v) is 8.18. The molecule has 3 aromatic rings. The van der Waals surface area contributed by atoms with Crippen LogP contribution in [0.4, 0.5) is 5.69 Å². The Morgan fingerprint density at radius 1 is 1.00 bits per heavy atom. The Kier molecular flexibility index (Phi) is 8.27. The highest BCUT2D eigenvalue weighted by Gasteiger charge is 2.51. The van der Waals surface area contributed by atoms with E-state index < -0.39 is 23.7 Å². The molecule has 0 saturated carbocycles. The van der Waals surface area contributed by atoms with E-state index in [1.165, 1.54) is 14.2 Å². The van der Waals surface area contributed by atoms with Gasteiger partial charge in [-0.3, -0.25) is 9.59 Å². The zero-order valence-electron chi connectivity index (χ0n) is 20.4. The fourth-order valence-electron chi connectivity index (χ4n) is 4.15. The number of para-hydroxylation sites is 1. The van der Waals surface area contributed by atoms with E-state index in [1.807, 2.05) is 37.3 Å². The number of aryl methyl sites for hydroxylation is 1. The summed E-state index contributed by atoms with van der Waals surface area (Å²) in [6, 6.07) is 19.7. The molecule has 35 heavy (non-hydrogen) atoms. The number of ether oxygens (including phenoxy) is 2. The number of aliphatic hydroxyl groups excluding tert-OH is 1. The molecule has 1 heterocycles. The third-order valence-corrected chi connectivity index (χ3v) is 5.95. The van der Waals surface area contributed by atoms with Crippen LogP contribution in [0.2, 0.25) is 0 Å². The van der Waals surface area contributed by atoms with Crippen LogP contribution < -0.4 is 14.4 Å². The molecule has 184 valence electrons. The Morgan fingerprint density at radius 2 is 1.66 bits per heavy atom. The fraction of sp³-hybridized carbons (Fsp3) is 0.286. The number of nitrogens with zero attached hydrogens (tertiary/aromatic N) is 1. The number of hydrogen-bond acceptors (Lipinski definition) is 6. The first-order chi connectivity index (χ1) is 16.8. The van der Waals surface area contributed by atoms with Crippen LogP contribution >= 0.6 is 0 Å². The van der Waals surface area contributed by atoms with Crippen molar-refractivity contribution in [1.82, 2.24) is 0 Å². The monoisotopic (exact) mass is 477 g/mol. The first-order valence-electron chi connectivity index (χ1n) is 11.3. The highest BCUT2D eigenvalue weighted by Crippen LogP contribution is 2.44. The molecular weight excluding hydrogens is 446 g/mol. The van der Waals surface area contributed by atoms with Crippen molar-refractivity contribution in [2.24, 2.45) is 0 Å². The third kappa shape index (κ3) is 5.21. The maximum atomic E-state index is 13.5. The zero-order chi connectivity index (χ0) is 25.6. The van der Waals surface area contributed by atoms with Crippen molar-refractivity contribution in [3.63, 3.8) is 0 Å². The number of amides is 1. The molecular formula is C28H31NO6. The summed E-state index contributed by atoms with van der Waals surface area (Å²) in [5, 5.41) is 19.1. The maximum absolute atomic E-state index is 13.5. The van der Waals surface area contributed by atoms with Crippen molar-refractivity contribution in [2.75, 3.05) is 25.7 Å². The highest BCUT2D eigenvalue weighted by molar-refractivity contribution is 6.11. The molecule has 1 atom stereocenters. The van der Waals surface area contributed by atoms with Gasteiger partial charge < -0.3 is 24.6 Å². The molecule has 2 N–H and O–H groups in total. The molecule has 0 radical (unpaired) electrons. The number of ketones is 1. The molecule has 4 rings (SSSR count). The van der Waals surface area contributed by atoms with Crippen LogP contribution in [-0.4, -0.2) is 42.7 Å². The summed E-state index contributed by atoms with van der Waals surface area (Å²) in [7, 11) is 2.98. The molecule has 1 amide bonds. The zero-order valence-corrected chi connectivity index (χ0v) is 20.4. The minimum absolute atomic E-state index is 0.250. The number of methoxy groups -OCH3 is 2. The van der Waals surface area contributed by atoms with Crippen molar-refractivity contribution >= 4 is 17.4 Å². The molecule has 1 aliphatic rings. The topological polar surface area (TPSA) is 96.3 Å². The minimum Gasteiger partial charge on any atom is -0.497 e. The van der Waals surface area contributed by atoms with Crippen molar-refractivity contribution in [2.45, 2.75) is 32.4 Å². The standard InChI is InChI=1S/C26H25NO5.C2H6O/c1-17-8-4-5-9-18(17)16-27-22-11-7-6-10-21(22)26(30,25(27)29)15-23(28)20-13-12-19(31-2)14-24(20)32-3;1-2-3/h4-14,30H,15-16H2,1-3H3;3H,2H2,1H3. The van der Waals surface area contributed by atoms with E-state index in [4.69, 9.17) is 14.6 Å². The summed E-state index contributed by atoms with van der Waals surface area (Å²) < 4.78 is 10.5. The van der Waals surface area contributed by atoms with Gasteiger partial charge in [0.05, 0.1) is 38.4 Å². The van der Waals surface area contributed by atoms with Crippen LogP contribution in [-0.2, 0) is 16.9 Å². The minimum atomic E-state index is -1.96. The van der Waals surface area contributed by atoms with Gasteiger partial charge in [-0.2, -0.15) is 0 Å². The van der Waals surface area contributed by atoms with E-state index in [0.717, 1.165) is 11.1 Å². The summed E-state index contributed by atoms with van der Waals surface area (Å²) >= 11 is 0. The van der Waals surface area contributed by atoms with Crippen molar-refractivity contribution < 1.29 is 29.3 Å². The van der Waals surface area contributed by atoms with Crippen molar-refractivity contribution in [1.29, 1.82) is 0 Å². The molecule has 1 unspecified atom stereocenters. The molecule has 7 heteroatoms. The lowest BCUT2D eigenvalue weighted by Crippen LogP contribution is -2.41. The first-order valence-corrected chi connectivity index (χ1v) is 11.3. The predicted octanol–water partition coefficient (Wildman–Crippen LogP) is 4.02. The Hall–Kier alpha value is -3.68. The molecule has 0 spiro atoms. The third-order valence-electron chi connectivity index (χ3n) is 5.95. The van der Waals surface area contributed by atoms with Gasteiger partial charge in [-0.1, -0.05) is 42.5 Å². The van der Waals surface area contributed by atoms with E-state index in [9.17, 15) is 14.7 Å². The average molecular weight is 478 g/mol. The van der Waals surface area contributed by atoms with Crippen LogP contribution in [0.3, 0.4) is 0 Å². The lowest BCUT2D eigenvalue weighted by molar-refractivity contribution is -0.136. The summed E-state index contributed by atoms with van der Waals surface area (Å²) in [4.78, 5) is 28.3. The van der Waals surface area contributed by atoms with E-state index in [2.05, 4.69) is 0 Å². The number of anilines is 1. The summed E-state index contributed by atoms with van der Waals surface area (Å²) in [6.07, 6.45) is -0.393. The van der Waals surface area contributed by atoms with Crippen LogP contribution in [0, 0.1) is 6.92 Å². The molecule has 3 aromatic carbocycles. The van der Waals surface area contributed by atoms with Crippen molar-refractivity contribution in [3.8, 4) is 11.5 Å². The fourth-order valence-corrected chi connectivity index (χ4v) is 4.15. The summed E-state index contributed by atoms with van der Waals surface area (Å²) in [6.45, 7) is 4.22. The van der Waals surface area contributed by atoms with Crippen LogP contribution in [0.15, 0.2) is 66.7 Å². The molecule has 0 saturated heterocycles. The normalized spacial score (nSPS) is 16.3. The molecule has 7 nitrogen and oxygen atoms in total. The van der Waals surface area contributed by atoms with Crippen LogP contribution in [0.1, 0.15) is 40.4 Å². The Balaban J connectivity index is 0.00000108. The number of aliphatic hydroxyl groups is 2. The second kappa shape index (κ2) is 11.2. The number of hydrogen-bond donors (Lipinski definition) is 2. The van der Waals surface area contributed by atoms with Crippen LogP contribution in [0.25, 0.3) is 0 Å². The number of carbonyl (C=O) groups excluding carboxylic acids is 2. The van der Waals surface area contributed by atoms with Crippen LogP contribution in [0.5, 0.6) is 11.5 Å². The molecule has 0 aromatic heterocycles. The lowest BCUT2D eigenvalue weighted by Gasteiger charge is -2.23. The van der Waals surface area contributed by atoms with Gasteiger partial charge in [0.25, 0.3) is 5.91 Å². The Bertz CT molecular complexity index is 1210. The van der Waals surface area contributed by atoms with Gasteiger partial charge in [-0.15, -0.1) is 0 Å². The van der Waals surface area contributed by atoms with Gasteiger partial charge in [-0.05, 0) is 43.2 Å². The molecule has 0 fully saturated rings. The molecule has 0 bridgehead atoms. The van der Waals surface area contributed by atoms with E-state index in [0.29, 0.717) is 29.3 Å². The predicted molar refractivity (Wildman–Crippen MR) is 134 cm³/mol. The van der Waals surface area contributed by atoms with E-state index in [1.54, 1.807) is 48.2 Å². The highest BCUT2D eigenvalue weighted by atomic mass is 16.5.